The lowest BCUT2D eigenvalue weighted by atomic mass is 10.0. The Morgan fingerprint density at radius 2 is 1.89 bits per heavy atom. The lowest BCUT2D eigenvalue weighted by Crippen LogP contribution is -2.05. The van der Waals surface area contributed by atoms with Crippen molar-refractivity contribution in [3.05, 3.63) is 64.2 Å². The van der Waals surface area contributed by atoms with Crippen LogP contribution in [-0.4, -0.2) is 12.9 Å². The van der Waals surface area contributed by atoms with Crippen LogP contribution in [0.25, 0.3) is 0 Å². The molecular formula is C14H9ClF2O2. The molecule has 0 aliphatic heterocycles. The SMILES string of the molecule is COc1ccc(F)cc1C(=O)c1ccc(F)c(Cl)c1. The van der Waals surface area contributed by atoms with Crippen molar-refractivity contribution < 1.29 is 18.3 Å². The number of rotatable bonds is 3. The Bertz CT molecular complexity index is 641. The van der Waals surface area contributed by atoms with E-state index in [1.807, 2.05) is 0 Å². The van der Waals surface area contributed by atoms with Crippen LogP contribution < -0.4 is 4.74 Å². The van der Waals surface area contributed by atoms with Crippen LogP contribution in [0.4, 0.5) is 8.78 Å². The van der Waals surface area contributed by atoms with Crippen molar-refractivity contribution in [2.45, 2.75) is 0 Å². The van der Waals surface area contributed by atoms with Crippen LogP contribution in [0.15, 0.2) is 36.4 Å². The molecule has 2 aromatic carbocycles. The molecule has 0 N–H and O–H groups in total. The van der Waals surface area contributed by atoms with E-state index in [0.717, 1.165) is 12.1 Å². The summed E-state index contributed by atoms with van der Waals surface area (Å²) in [6.07, 6.45) is 0. The van der Waals surface area contributed by atoms with Crippen molar-refractivity contribution in [1.82, 2.24) is 0 Å². The summed E-state index contributed by atoms with van der Waals surface area (Å²) in [5, 5.41) is -0.166. The molecule has 0 saturated carbocycles. The summed E-state index contributed by atoms with van der Waals surface area (Å²) in [7, 11) is 1.38. The number of carbonyl (C=O) groups is 1. The van der Waals surface area contributed by atoms with Crippen molar-refractivity contribution in [2.75, 3.05) is 7.11 Å². The van der Waals surface area contributed by atoms with Gasteiger partial charge in [0.1, 0.15) is 17.4 Å². The van der Waals surface area contributed by atoms with Gasteiger partial charge in [-0.3, -0.25) is 4.79 Å². The van der Waals surface area contributed by atoms with Gasteiger partial charge in [0.15, 0.2) is 5.78 Å². The summed E-state index contributed by atoms with van der Waals surface area (Å²) in [5.74, 6) is -1.42. The highest BCUT2D eigenvalue weighted by molar-refractivity contribution is 6.31. The zero-order valence-electron chi connectivity index (χ0n) is 9.91. The van der Waals surface area contributed by atoms with E-state index in [0.29, 0.717) is 0 Å². The second-order valence-electron chi connectivity index (χ2n) is 3.80. The summed E-state index contributed by atoms with van der Waals surface area (Å²) >= 11 is 5.62. The van der Waals surface area contributed by atoms with E-state index in [4.69, 9.17) is 16.3 Å². The van der Waals surface area contributed by atoms with Crippen LogP contribution in [-0.2, 0) is 0 Å². The molecule has 2 aromatic rings. The Balaban J connectivity index is 2.49. The van der Waals surface area contributed by atoms with Gasteiger partial charge in [0.05, 0.1) is 17.7 Å². The Morgan fingerprint density at radius 1 is 1.16 bits per heavy atom. The number of methoxy groups -OCH3 is 1. The average molecular weight is 283 g/mol. The van der Waals surface area contributed by atoms with Gasteiger partial charge in [-0.15, -0.1) is 0 Å². The number of hydrogen-bond donors (Lipinski definition) is 0. The maximum atomic E-state index is 13.2. The normalized spacial score (nSPS) is 10.3. The van der Waals surface area contributed by atoms with Crippen LogP contribution in [0.2, 0.25) is 5.02 Å². The van der Waals surface area contributed by atoms with E-state index in [2.05, 4.69) is 0 Å². The molecule has 0 atom stereocenters. The van der Waals surface area contributed by atoms with Gasteiger partial charge in [-0.1, -0.05) is 11.6 Å². The minimum absolute atomic E-state index is 0.0603. The Labute approximate surface area is 113 Å². The van der Waals surface area contributed by atoms with Gasteiger partial charge >= 0.3 is 0 Å². The third kappa shape index (κ3) is 2.74. The van der Waals surface area contributed by atoms with E-state index < -0.39 is 17.4 Å². The fourth-order valence-corrected chi connectivity index (χ4v) is 1.83. The van der Waals surface area contributed by atoms with Crippen molar-refractivity contribution in [3.8, 4) is 5.75 Å². The monoisotopic (exact) mass is 282 g/mol. The predicted molar refractivity (Wildman–Crippen MR) is 67.8 cm³/mol. The standard InChI is InChI=1S/C14H9ClF2O2/c1-19-13-5-3-9(16)7-10(13)14(18)8-2-4-12(17)11(15)6-8/h2-7H,1H3. The number of ketones is 1. The number of halogens is 3. The highest BCUT2D eigenvalue weighted by atomic mass is 35.5. The van der Waals surface area contributed by atoms with Crippen molar-refractivity contribution in [2.24, 2.45) is 0 Å². The van der Waals surface area contributed by atoms with Gasteiger partial charge in [0.2, 0.25) is 0 Å². The van der Waals surface area contributed by atoms with Crippen molar-refractivity contribution in [1.29, 1.82) is 0 Å². The summed E-state index contributed by atoms with van der Waals surface area (Å²) in [5.41, 5.74) is 0.223. The molecule has 0 bridgehead atoms. The minimum Gasteiger partial charge on any atom is -0.496 e. The fourth-order valence-electron chi connectivity index (χ4n) is 1.65. The maximum absolute atomic E-state index is 13.2. The lowest BCUT2D eigenvalue weighted by Gasteiger charge is -2.08. The maximum Gasteiger partial charge on any atom is 0.196 e. The molecule has 98 valence electrons. The molecule has 0 aromatic heterocycles. The zero-order valence-corrected chi connectivity index (χ0v) is 10.7. The highest BCUT2D eigenvalue weighted by Gasteiger charge is 2.16. The molecule has 0 spiro atoms. The molecule has 0 radical (unpaired) electrons. The predicted octanol–water partition coefficient (Wildman–Crippen LogP) is 3.86. The number of benzene rings is 2. The molecule has 19 heavy (non-hydrogen) atoms. The van der Waals surface area contributed by atoms with Gasteiger partial charge in [0.25, 0.3) is 0 Å². The molecule has 2 rings (SSSR count). The van der Waals surface area contributed by atoms with E-state index in [-0.39, 0.29) is 21.9 Å². The van der Waals surface area contributed by atoms with Crippen LogP contribution >= 0.6 is 11.6 Å². The molecule has 0 heterocycles. The summed E-state index contributed by atoms with van der Waals surface area (Å²) < 4.78 is 31.3. The number of hydrogen-bond acceptors (Lipinski definition) is 2. The summed E-state index contributed by atoms with van der Waals surface area (Å²) in [4.78, 5) is 12.2. The largest absolute Gasteiger partial charge is 0.496 e. The third-order valence-electron chi connectivity index (χ3n) is 2.59. The Hall–Kier alpha value is -1.94. The van der Waals surface area contributed by atoms with Gasteiger partial charge in [-0.2, -0.15) is 0 Å². The molecule has 5 heteroatoms. The summed E-state index contributed by atoms with van der Waals surface area (Å²) in [6, 6.07) is 7.18. The number of carbonyl (C=O) groups excluding carboxylic acids is 1. The van der Waals surface area contributed by atoms with Crippen LogP contribution in [0.1, 0.15) is 15.9 Å². The van der Waals surface area contributed by atoms with Gasteiger partial charge in [-0.25, -0.2) is 8.78 Å². The van der Waals surface area contributed by atoms with Crippen molar-refractivity contribution in [3.63, 3.8) is 0 Å². The first-order chi connectivity index (χ1) is 9.02. The van der Waals surface area contributed by atoms with E-state index in [1.54, 1.807) is 0 Å². The average Bonchev–Trinajstić information content (AvgIpc) is 2.41. The van der Waals surface area contributed by atoms with Crippen LogP contribution in [0.3, 0.4) is 0 Å². The molecule has 0 aliphatic carbocycles. The van der Waals surface area contributed by atoms with Gasteiger partial charge < -0.3 is 4.74 Å². The van der Waals surface area contributed by atoms with Gasteiger partial charge in [0, 0.05) is 5.56 Å². The highest BCUT2D eigenvalue weighted by Crippen LogP contribution is 2.24. The first kappa shape index (κ1) is 13.5. The van der Waals surface area contributed by atoms with E-state index in [1.165, 1.54) is 31.4 Å². The molecular weight excluding hydrogens is 274 g/mol. The van der Waals surface area contributed by atoms with Crippen LogP contribution in [0, 0.1) is 11.6 Å². The van der Waals surface area contributed by atoms with Crippen molar-refractivity contribution >= 4 is 17.4 Å². The first-order valence-corrected chi connectivity index (χ1v) is 5.74. The Morgan fingerprint density at radius 3 is 2.53 bits per heavy atom. The molecule has 2 nitrogen and oxygen atoms in total. The zero-order chi connectivity index (χ0) is 14.0. The van der Waals surface area contributed by atoms with Gasteiger partial charge in [-0.05, 0) is 36.4 Å². The van der Waals surface area contributed by atoms with E-state index in [9.17, 15) is 13.6 Å². The third-order valence-corrected chi connectivity index (χ3v) is 2.88. The molecule has 0 fully saturated rings. The second-order valence-corrected chi connectivity index (χ2v) is 4.21. The quantitative estimate of drug-likeness (QED) is 0.799. The molecule has 0 aliphatic rings. The van der Waals surface area contributed by atoms with E-state index >= 15 is 0 Å². The molecule has 0 unspecified atom stereocenters. The van der Waals surface area contributed by atoms with Crippen LogP contribution in [0.5, 0.6) is 5.75 Å². The fraction of sp³-hybridized carbons (Fsp3) is 0.0714. The second kappa shape index (κ2) is 5.36. The molecule has 0 amide bonds. The lowest BCUT2D eigenvalue weighted by molar-refractivity contribution is 0.103. The number of ether oxygens (including phenoxy) is 1. The first-order valence-electron chi connectivity index (χ1n) is 5.36. The smallest absolute Gasteiger partial charge is 0.196 e. The Kier molecular flexibility index (Phi) is 3.81. The summed E-state index contributed by atoms with van der Waals surface area (Å²) in [6.45, 7) is 0. The minimum atomic E-state index is -0.621. The topological polar surface area (TPSA) is 26.3 Å². The molecule has 0 saturated heterocycles.